The first-order chi connectivity index (χ1) is 9.45. The molecule has 0 aromatic carbocycles. The van der Waals surface area contributed by atoms with Crippen LogP contribution in [-0.2, 0) is 13.6 Å². The molecule has 0 unspecified atom stereocenters. The Hall–Kier alpha value is -2.53. The van der Waals surface area contributed by atoms with Crippen LogP contribution in [0.25, 0.3) is 0 Å². The van der Waals surface area contributed by atoms with Gasteiger partial charge in [-0.1, -0.05) is 0 Å². The third-order valence-electron chi connectivity index (χ3n) is 3.06. The van der Waals surface area contributed by atoms with Gasteiger partial charge in [-0.05, 0) is 6.92 Å². The first kappa shape index (κ1) is 13.9. The molecule has 0 aliphatic carbocycles. The van der Waals surface area contributed by atoms with Gasteiger partial charge in [0.2, 0.25) is 0 Å². The fourth-order valence-corrected chi connectivity index (χ4v) is 2.67. The molecule has 5 N–H and O–H groups in total. The lowest BCUT2D eigenvalue weighted by molar-refractivity contribution is 0.100. The van der Waals surface area contributed by atoms with Gasteiger partial charge in [-0.2, -0.15) is 10.4 Å². The van der Waals surface area contributed by atoms with Crippen molar-refractivity contribution >= 4 is 27.9 Å². The van der Waals surface area contributed by atoms with E-state index in [2.05, 4.69) is 10.4 Å². The van der Waals surface area contributed by atoms with Gasteiger partial charge in [0.15, 0.2) is 0 Å². The summed E-state index contributed by atoms with van der Waals surface area (Å²) in [5, 5.41) is 16.9. The molecule has 0 bridgehead atoms. The van der Waals surface area contributed by atoms with E-state index < -0.39 is 5.91 Å². The maximum absolute atomic E-state index is 11.2. The average Bonchev–Trinajstić information content (AvgIpc) is 2.89. The summed E-state index contributed by atoms with van der Waals surface area (Å²) in [4.78, 5) is 11.4. The second-order valence-electron chi connectivity index (χ2n) is 4.26. The zero-order chi connectivity index (χ0) is 14.9. The minimum Gasteiger partial charge on any atom is -0.396 e. The van der Waals surface area contributed by atoms with Crippen LogP contribution in [0.4, 0.5) is 10.7 Å². The summed E-state index contributed by atoms with van der Waals surface area (Å²) in [7, 11) is 1.86. The van der Waals surface area contributed by atoms with E-state index in [0.29, 0.717) is 11.5 Å². The van der Waals surface area contributed by atoms with Crippen molar-refractivity contribution < 1.29 is 4.79 Å². The molecule has 0 saturated heterocycles. The summed E-state index contributed by atoms with van der Waals surface area (Å²) < 4.78 is 1.76. The molecule has 1 amide bonds. The van der Waals surface area contributed by atoms with E-state index >= 15 is 0 Å². The number of hydrogen-bond donors (Lipinski definition) is 3. The summed E-state index contributed by atoms with van der Waals surface area (Å²) in [6.45, 7) is 2.44. The van der Waals surface area contributed by atoms with Crippen LogP contribution in [0, 0.1) is 18.3 Å². The van der Waals surface area contributed by atoms with Crippen LogP contribution in [0.15, 0.2) is 6.20 Å². The summed E-state index contributed by atoms with van der Waals surface area (Å²) >= 11 is 1.09. The number of carbonyl (C=O) groups excluding carboxylic acids is 1. The number of hydrogen-bond acceptors (Lipinski definition) is 6. The number of aromatic nitrogens is 2. The fourth-order valence-electron chi connectivity index (χ4n) is 1.76. The molecule has 2 aromatic rings. The number of nitrogens with zero attached hydrogens (tertiary/aromatic N) is 3. The van der Waals surface area contributed by atoms with Crippen LogP contribution < -0.4 is 16.8 Å². The summed E-state index contributed by atoms with van der Waals surface area (Å²) in [5.41, 5.74) is 13.4. The van der Waals surface area contributed by atoms with Gasteiger partial charge in [0.1, 0.15) is 21.5 Å². The molecule has 20 heavy (non-hydrogen) atoms. The van der Waals surface area contributed by atoms with E-state index in [-0.39, 0.29) is 16.1 Å². The molecule has 0 fully saturated rings. The van der Waals surface area contributed by atoms with Gasteiger partial charge in [-0.25, -0.2) is 0 Å². The van der Waals surface area contributed by atoms with Crippen molar-refractivity contribution in [3.63, 3.8) is 0 Å². The second-order valence-corrected chi connectivity index (χ2v) is 5.28. The Morgan fingerprint density at radius 2 is 2.35 bits per heavy atom. The first-order valence-corrected chi connectivity index (χ1v) is 6.60. The highest BCUT2D eigenvalue weighted by Gasteiger charge is 2.19. The van der Waals surface area contributed by atoms with Crippen molar-refractivity contribution in [2.75, 3.05) is 11.1 Å². The van der Waals surface area contributed by atoms with E-state index in [0.717, 1.165) is 22.6 Å². The standard InChI is InChI=1S/C12H14N6OS/c1-6-7(5-17-18(6)2)4-16-12-8(3-13)9(14)10(20-12)11(15)19/h5,16H,4,14H2,1-2H3,(H2,15,19). The molecule has 2 aromatic heterocycles. The topological polar surface area (TPSA) is 123 Å². The Balaban J connectivity index is 2.26. The number of aryl methyl sites for hydroxylation is 1. The summed E-state index contributed by atoms with van der Waals surface area (Å²) in [5.74, 6) is -0.630. The Kier molecular flexibility index (Phi) is 3.63. The SMILES string of the molecule is Cc1c(CNc2sc(C(N)=O)c(N)c2C#N)cnn1C. The highest BCUT2D eigenvalue weighted by molar-refractivity contribution is 7.18. The largest absolute Gasteiger partial charge is 0.396 e. The molecule has 0 atom stereocenters. The van der Waals surface area contributed by atoms with Crippen LogP contribution in [0.3, 0.4) is 0 Å². The maximum Gasteiger partial charge on any atom is 0.261 e. The van der Waals surface area contributed by atoms with E-state index in [4.69, 9.17) is 16.7 Å². The number of nitrogens with one attached hydrogen (secondary N) is 1. The maximum atomic E-state index is 11.2. The van der Waals surface area contributed by atoms with Gasteiger partial charge < -0.3 is 16.8 Å². The van der Waals surface area contributed by atoms with Crippen molar-refractivity contribution in [1.82, 2.24) is 9.78 Å². The van der Waals surface area contributed by atoms with Crippen molar-refractivity contribution in [2.24, 2.45) is 12.8 Å². The Bertz CT molecular complexity index is 708. The highest BCUT2D eigenvalue weighted by atomic mass is 32.1. The third-order valence-corrected chi connectivity index (χ3v) is 4.23. The van der Waals surface area contributed by atoms with Gasteiger partial charge in [0.25, 0.3) is 5.91 Å². The fraction of sp³-hybridized carbons (Fsp3) is 0.250. The number of nitrogen functional groups attached to an aromatic ring is 1. The van der Waals surface area contributed by atoms with Gasteiger partial charge in [0.05, 0.1) is 11.9 Å². The summed E-state index contributed by atoms with van der Waals surface area (Å²) in [6, 6.07) is 1.99. The highest BCUT2D eigenvalue weighted by Crippen LogP contribution is 2.35. The predicted octanol–water partition coefficient (Wildman–Crippen LogP) is 0.955. The molecular weight excluding hydrogens is 276 g/mol. The van der Waals surface area contributed by atoms with Crippen molar-refractivity contribution in [3.05, 3.63) is 27.9 Å². The van der Waals surface area contributed by atoms with E-state index in [1.807, 2.05) is 20.0 Å². The number of primary amides is 1. The Morgan fingerprint density at radius 3 is 2.85 bits per heavy atom. The number of carbonyl (C=O) groups is 1. The molecule has 0 spiro atoms. The molecule has 0 radical (unpaired) electrons. The monoisotopic (exact) mass is 290 g/mol. The third kappa shape index (κ3) is 2.31. The molecular formula is C12H14N6OS. The number of anilines is 2. The van der Waals surface area contributed by atoms with Gasteiger partial charge in [-0.15, -0.1) is 11.3 Å². The number of rotatable bonds is 4. The Labute approximate surface area is 119 Å². The molecule has 2 rings (SSSR count). The van der Waals surface area contributed by atoms with Crippen molar-refractivity contribution in [3.8, 4) is 6.07 Å². The summed E-state index contributed by atoms with van der Waals surface area (Å²) in [6.07, 6.45) is 1.75. The Morgan fingerprint density at radius 1 is 1.65 bits per heavy atom. The number of amides is 1. The zero-order valence-electron chi connectivity index (χ0n) is 11.1. The number of nitrogens with two attached hydrogens (primary N) is 2. The lowest BCUT2D eigenvalue weighted by atomic mass is 10.2. The van der Waals surface area contributed by atoms with Crippen LogP contribution in [0.2, 0.25) is 0 Å². The van der Waals surface area contributed by atoms with E-state index in [9.17, 15) is 4.79 Å². The molecule has 7 nitrogen and oxygen atoms in total. The zero-order valence-corrected chi connectivity index (χ0v) is 11.9. The predicted molar refractivity (Wildman–Crippen MR) is 77.2 cm³/mol. The van der Waals surface area contributed by atoms with E-state index in [1.165, 1.54) is 0 Å². The molecule has 0 aliphatic heterocycles. The van der Waals surface area contributed by atoms with Crippen LogP contribution in [-0.4, -0.2) is 15.7 Å². The quantitative estimate of drug-likeness (QED) is 0.773. The van der Waals surface area contributed by atoms with E-state index in [1.54, 1.807) is 10.9 Å². The lowest BCUT2D eigenvalue weighted by Crippen LogP contribution is -2.10. The number of thiophene rings is 1. The van der Waals surface area contributed by atoms with Gasteiger partial charge in [-0.3, -0.25) is 9.48 Å². The normalized spacial score (nSPS) is 10.2. The van der Waals surface area contributed by atoms with Crippen LogP contribution in [0.5, 0.6) is 0 Å². The minimum atomic E-state index is -0.630. The van der Waals surface area contributed by atoms with Crippen molar-refractivity contribution in [1.29, 1.82) is 5.26 Å². The van der Waals surface area contributed by atoms with Crippen LogP contribution in [0.1, 0.15) is 26.5 Å². The molecule has 104 valence electrons. The molecule has 2 heterocycles. The first-order valence-electron chi connectivity index (χ1n) is 5.79. The number of nitriles is 1. The lowest BCUT2D eigenvalue weighted by Gasteiger charge is -2.04. The smallest absolute Gasteiger partial charge is 0.261 e. The molecule has 8 heteroatoms. The van der Waals surface area contributed by atoms with Crippen LogP contribution >= 0.6 is 11.3 Å². The minimum absolute atomic E-state index is 0.135. The molecule has 0 saturated carbocycles. The van der Waals surface area contributed by atoms with Gasteiger partial charge >= 0.3 is 0 Å². The average molecular weight is 290 g/mol. The second kappa shape index (κ2) is 5.22. The van der Waals surface area contributed by atoms with Gasteiger partial charge in [0, 0.05) is 24.8 Å². The molecule has 0 aliphatic rings. The van der Waals surface area contributed by atoms with Crippen molar-refractivity contribution in [2.45, 2.75) is 13.5 Å².